The van der Waals surface area contributed by atoms with Crippen LogP contribution in [0.3, 0.4) is 0 Å². The molecule has 0 fully saturated rings. The molecule has 3 rings (SSSR count). The molecule has 1 N–H and O–H groups in total. The highest BCUT2D eigenvalue weighted by Crippen LogP contribution is 2.14. The lowest BCUT2D eigenvalue weighted by molar-refractivity contribution is 0.0944. The molecule has 1 aromatic carbocycles. The molecule has 0 radical (unpaired) electrons. The summed E-state index contributed by atoms with van der Waals surface area (Å²) in [5.41, 5.74) is 3.41. The van der Waals surface area contributed by atoms with Crippen molar-refractivity contribution >= 4 is 11.6 Å². The zero-order valence-corrected chi connectivity index (χ0v) is 12.6. The van der Waals surface area contributed by atoms with Gasteiger partial charge in [0.15, 0.2) is 0 Å². The first kappa shape index (κ1) is 14.3. The van der Waals surface area contributed by atoms with Crippen LogP contribution in [0.25, 0.3) is 5.65 Å². The summed E-state index contributed by atoms with van der Waals surface area (Å²) in [7, 11) is 0. The Morgan fingerprint density at radius 1 is 1.14 bits per heavy atom. The van der Waals surface area contributed by atoms with Crippen molar-refractivity contribution in [3.05, 3.63) is 71.7 Å². The summed E-state index contributed by atoms with van der Waals surface area (Å²) in [6, 6.07) is 15.7. The van der Waals surface area contributed by atoms with Crippen LogP contribution in [0.4, 0.5) is 0 Å². The average molecular weight is 293 g/mol. The van der Waals surface area contributed by atoms with Crippen LogP contribution < -0.4 is 5.32 Å². The number of aryl methyl sites for hydroxylation is 1. The van der Waals surface area contributed by atoms with E-state index in [1.807, 2.05) is 59.1 Å². The van der Waals surface area contributed by atoms with Gasteiger partial charge in [0.2, 0.25) is 0 Å². The third-order valence-corrected chi connectivity index (χ3v) is 3.60. The number of aromatic nitrogens is 2. The molecule has 0 saturated carbocycles. The molecule has 0 saturated heterocycles. The van der Waals surface area contributed by atoms with Crippen LogP contribution in [0.5, 0.6) is 0 Å². The second-order valence-electron chi connectivity index (χ2n) is 5.25. The standard InChI is InChI=1S/C18H19N3O/c1-2-8-15-17(21-12-7-6-11-16(21)20-15)18(22)19-13-14-9-4-3-5-10-14/h3-7,9-12H,2,8,13H2,1H3,(H,19,22). The highest BCUT2D eigenvalue weighted by Gasteiger charge is 2.18. The number of hydrogen-bond acceptors (Lipinski definition) is 2. The number of rotatable bonds is 5. The number of benzene rings is 1. The summed E-state index contributed by atoms with van der Waals surface area (Å²) in [5.74, 6) is -0.0778. The molecule has 2 heterocycles. The molecule has 0 bridgehead atoms. The zero-order chi connectivity index (χ0) is 15.4. The average Bonchev–Trinajstić information content (AvgIpc) is 2.92. The monoisotopic (exact) mass is 293 g/mol. The molecule has 4 nitrogen and oxygen atoms in total. The smallest absolute Gasteiger partial charge is 0.270 e. The van der Waals surface area contributed by atoms with Crippen LogP contribution in [0, 0.1) is 0 Å². The topological polar surface area (TPSA) is 46.4 Å². The third kappa shape index (κ3) is 2.86. The second kappa shape index (κ2) is 6.43. The SMILES string of the molecule is CCCc1nc2ccccn2c1C(=O)NCc1ccccc1. The first-order valence-electron chi connectivity index (χ1n) is 7.57. The Hall–Kier alpha value is -2.62. The van der Waals surface area contributed by atoms with Gasteiger partial charge in [-0.25, -0.2) is 4.98 Å². The van der Waals surface area contributed by atoms with Gasteiger partial charge < -0.3 is 5.32 Å². The molecule has 3 aromatic rings. The Bertz CT molecular complexity index is 777. The van der Waals surface area contributed by atoms with Gasteiger partial charge in [-0.1, -0.05) is 49.7 Å². The van der Waals surface area contributed by atoms with Crippen molar-refractivity contribution < 1.29 is 4.79 Å². The van der Waals surface area contributed by atoms with Crippen LogP contribution in [0.15, 0.2) is 54.7 Å². The Morgan fingerprint density at radius 2 is 1.91 bits per heavy atom. The van der Waals surface area contributed by atoms with Crippen LogP contribution in [-0.2, 0) is 13.0 Å². The normalized spacial score (nSPS) is 10.8. The maximum Gasteiger partial charge on any atom is 0.270 e. The first-order valence-corrected chi connectivity index (χ1v) is 7.57. The number of nitrogens with one attached hydrogen (secondary N) is 1. The summed E-state index contributed by atoms with van der Waals surface area (Å²) in [4.78, 5) is 17.2. The fraction of sp³-hybridized carbons (Fsp3) is 0.222. The Balaban J connectivity index is 1.87. The van der Waals surface area contributed by atoms with Crippen molar-refractivity contribution in [1.82, 2.24) is 14.7 Å². The largest absolute Gasteiger partial charge is 0.347 e. The number of nitrogens with zero attached hydrogens (tertiary/aromatic N) is 2. The first-order chi connectivity index (χ1) is 10.8. The van der Waals surface area contributed by atoms with Gasteiger partial charge in [-0.3, -0.25) is 9.20 Å². The lowest BCUT2D eigenvalue weighted by atomic mass is 10.2. The summed E-state index contributed by atoms with van der Waals surface area (Å²) < 4.78 is 1.87. The lowest BCUT2D eigenvalue weighted by Gasteiger charge is -2.07. The van der Waals surface area contributed by atoms with Crippen LogP contribution in [-0.4, -0.2) is 15.3 Å². The van der Waals surface area contributed by atoms with E-state index in [0.717, 1.165) is 29.7 Å². The molecule has 22 heavy (non-hydrogen) atoms. The fourth-order valence-electron chi connectivity index (χ4n) is 2.56. The van der Waals surface area contributed by atoms with Crippen molar-refractivity contribution in [2.45, 2.75) is 26.3 Å². The predicted octanol–water partition coefficient (Wildman–Crippen LogP) is 3.22. The number of carbonyl (C=O) groups is 1. The minimum atomic E-state index is -0.0778. The highest BCUT2D eigenvalue weighted by atomic mass is 16.1. The molecular formula is C18H19N3O. The third-order valence-electron chi connectivity index (χ3n) is 3.60. The van der Waals surface area contributed by atoms with Crippen molar-refractivity contribution in [3.8, 4) is 0 Å². The van der Waals surface area contributed by atoms with E-state index in [4.69, 9.17) is 0 Å². The number of fused-ring (bicyclic) bond motifs is 1. The van der Waals surface area contributed by atoms with E-state index >= 15 is 0 Å². The van der Waals surface area contributed by atoms with Gasteiger partial charge >= 0.3 is 0 Å². The number of carbonyl (C=O) groups excluding carboxylic acids is 1. The van der Waals surface area contributed by atoms with E-state index in [0.29, 0.717) is 12.2 Å². The summed E-state index contributed by atoms with van der Waals surface area (Å²) >= 11 is 0. The molecule has 2 aromatic heterocycles. The van der Waals surface area contributed by atoms with E-state index in [1.54, 1.807) is 0 Å². The maximum absolute atomic E-state index is 12.6. The van der Waals surface area contributed by atoms with Gasteiger partial charge in [-0.05, 0) is 24.1 Å². The summed E-state index contributed by atoms with van der Waals surface area (Å²) in [6.07, 6.45) is 3.65. The molecular weight excluding hydrogens is 274 g/mol. The lowest BCUT2D eigenvalue weighted by Crippen LogP contribution is -2.25. The number of imidazole rings is 1. The number of pyridine rings is 1. The van der Waals surface area contributed by atoms with E-state index < -0.39 is 0 Å². The van der Waals surface area contributed by atoms with E-state index in [2.05, 4.69) is 17.2 Å². The molecule has 0 unspecified atom stereocenters. The predicted molar refractivity (Wildman–Crippen MR) is 86.8 cm³/mol. The summed E-state index contributed by atoms with van der Waals surface area (Å²) in [6.45, 7) is 2.61. The van der Waals surface area contributed by atoms with Gasteiger partial charge in [0.25, 0.3) is 5.91 Å². The van der Waals surface area contributed by atoms with Crippen molar-refractivity contribution in [1.29, 1.82) is 0 Å². The minimum absolute atomic E-state index is 0.0778. The van der Waals surface area contributed by atoms with E-state index in [-0.39, 0.29) is 5.91 Å². The second-order valence-corrected chi connectivity index (χ2v) is 5.25. The molecule has 0 aliphatic carbocycles. The minimum Gasteiger partial charge on any atom is -0.347 e. The van der Waals surface area contributed by atoms with Gasteiger partial charge in [0.1, 0.15) is 11.3 Å². The summed E-state index contributed by atoms with van der Waals surface area (Å²) in [5, 5.41) is 2.99. The number of amides is 1. The maximum atomic E-state index is 12.6. The molecule has 0 aliphatic heterocycles. The van der Waals surface area contributed by atoms with Gasteiger partial charge in [-0.15, -0.1) is 0 Å². The van der Waals surface area contributed by atoms with Crippen LogP contribution >= 0.6 is 0 Å². The molecule has 0 atom stereocenters. The van der Waals surface area contributed by atoms with Gasteiger partial charge in [-0.2, -0.15) is 0 Å². The molecule has 1 amide bonds. The van der Waals surface area contributed by atoms with Crippen molar-refractivity contribution in [3.63, 3.8) is 0 Å². The van der Waals surface area contributed by atoms with Gasteiger partial charge in [0, 0.05) is 12.7 Å². The Kier molecular flexibility index (Phi) is 4.19. The van der Waals surface area contributed by atoms with E-state index in [1.165, 1.54) is 0 Å². The fourth-order valence-corrected chi connectivity index (χ4v) is 2.56. The number of hydrogen-bond donors (Lipinski definition) is 1. The van der Waals surface area contributed by atoms with Gasteiger partial charge in [0.05, 0.1) is 5.69 Å². The Morgan fingerprint density at radius 3 is 2.68 bits per heavy atom. The quantitative estimate of drug-likeness (QED) is 0.785. The molecule has 0 spiro atoms. The van der Waals surface area contributed by atoms with Crippen LogP contribution in [0.1, 0.15) is 35.1 Å². The van der Waals surface area contributed by atoms with Crippen molar-refractivity contribution in [2.75, 3.05) is 0 Å². The van der Waals surface area contributed by atoms with Crippen molar-refractivity contribution in [2.24, 2.45) is 0 Å². The van der Waals surface area contributed by atoms with E-state index in [9.17, 15) is 4.79 Å². The highest BCUT2D eigenvalue weighted by molar-refractivity contribution is 5.94. The molecule has 112 valence electrons. The molecule has 0 aliphatic rings. The van der Waals surface area contributed by atoms with Crippen LogP contribution in [0.2, 0.25) is 0 Å². The Labute approximate surface area is 129 Å². The zero-order valence-electron chi connectivity index (χ0n) is 12.6. The molecule has 4 heteroatoms.